The molecule has 0 radical (unpaired) electrons. The minimum atomic E-state index is -3.84. The van der Waals surface area contributed by atoms with Gasteiger partial charge >= 0.3 is 0 Å². The molecule has 1 aliphatic heterocycles. The molecule has 0 saturated carbocycles. The van der Waals surface area contributed by atoms with E-state index in [9.17, 15) is 17.6 Å². The predicted octanol–water partition coefficient (Wildman–Crippen LogP) is 3.01. The number of anilines is 1. The summed E-state index contributed by atoms with van der Waals surface area (Å²) >= 11 is 5.73. The summed E-state index contributed by atoms with van der Waals surface area (Å²) in [5.41, 5.74) is 2.07. The van der Waals surface area contributed by atoms with Crippen LogP contribution in [0.5, 0.6) is 0 Å². The number of carbonyl (C=O) groups is 1. The molecule has 3 rings (SSSR count). The van der Waals surface area contributed by atoms with Gasteiger partial charge in [-0.15, -0.1) is 0 Å². The Morgan fingerprint density at radius 2 is 2.04 bits per heavy atom. The molecular formula is C18H19ClFN3O3S. The van der Waals surface area contributed by atoms with Crippen LogP contribution in [0.25, 0.3) is 0 Å². The van der Waals surface area contributed by atoms with Gasteiger partial charge in [0.05, 0.1) is 5.02 Å². The molecule has 6 nitrogen and oxygen atoms in total. The van der Waals surface area contributed by atoms with Crippen LogP contribution in [0.4, 0.5) is 10.1 Å². The Kier molecular flexibility index (Phi) is 5.53. The lowest BCUT2D eigenvalue weighted by atomic mass is 9.98. The molecule has 2 aromatic rings. The lowest BCUT2D eigenvalue weighted by molar-refractivity contribution is -0.120. The zero-order valence-electron chi connectivity index (χ0n) is 14.7. The molecule has 0 aliphatic carbocycles. The number of likely N-dealkylation sites (N-methyl/N-ethyl adjacent to an activating group) is 1. The van der Waals surface area contributed by atoms with E-state index in [-0.39, 0.29) is 11.4 Å². The van der Waals surface area contributed by atoms with Crippen molar-refractivity contribution < 1.29 is 17.6 Å². The molecule has 1 heterocycles. The SMILES string of the molecule is Cc1cccc([C@@H]2CC(C(=O)Nc3ccc(F)c(Cl)c3)N(C)S(=O)(=O)N2)c1. The molecule has 1 saturated heterocycles. The van der Waals surface area contributed by atoms with Gasteiger partial charge in [0, 0.05) is 18.8 Å². The van der Waals surface area contributed by atoms with E-state index in [0.29, 0.717) is 5.69 Å². The average Bonchev–Trinajstić information content (AvgIpc) is 2.60. The fraction of sp³-hybridized carbons (Fsp3) is 0.278. The van der Waals surface area contributed by atoms with Crippen molar-refractivity contribution in [1.82, 2.24) is 9.03 Å². The lowest BCUT2D eigenvalue weighted by Crippen LogP contribution is -2.55. The largest absolute Gasteiger partial charge is 0.325 e. The van der Waals surface area contributed by atoms with Crippen LogP contribution in [0, 0.1) is 12.7 Å². The van der Waals surface area contributed by atoms with Gasteiger partial charge in [0.15, 0.2) is 0 Å². The fourth-order valence-electron chi connectivity index (χ4n) is 3.01. The highest BCUT2D eigenvalue weighted by atomic mass is 35.5. The molecule has 2 N–H and O–H groups in total. The van der Waals surface area contributed by atoms with E-state index < -0.39 is 34.0 Å². The maximum atomic E-state index is 13.3. The van der Waals surface area contributed by atoms with Crippen molar-refractivity contribution in [2.75, 3.05) is 12.4 Å². The summed E-state index contributed by atoms with van der Waals surface area (Å²) in [4.78, 5) is 12.7. The van der Waals surface area contributed by atoms with Crippen molar-refractivity contribution in [1.29, 1.82) is 0 Å². The maximum absolute atomic E-state index is 13.3. The summed E-state index contributed by atoms with van der Waals surface area (Å²) in [6.07, 6.45) is 0.250. The van der Waals surface area contributed by atoms with E-state index in [1.165, 1.54) is 19.2 Å². The molecule has 0 bridgehead atoms. The zero-order valence-corrected chi connectivity index (χ0v) is 16.3. The topological polar surface area (TPSA) is 78.5 Å². The van der Waals surface area contributed by atoms with Gasteiger partial charge in [0.25, 0.3) is 10.2 Å². The van der Waals surface area contributed by atoms with Gasteiger partial charge in [0.2, 0.25) is 5.91 Å². The van der Waals surface area contributed by atoms with Crippen LogP contribution < -0.4 is 10.0 Å². The number of rotatable bonds is 3. The Hall–Kier alpha value is -2.00. The standard InChI is InChI=1S/C18H19ClFN3O3S/c1-11-4-3-5-12(8-11)16-10-17(23(2)27(25,26)22-16)18(24)21-13-6-7-15(20)14(19)9-13/h3-9,16-17,22H,10H2,1-2H3,(H,21,24)/t16-,17?/m0/s1. The maximum Gasteiger partial charge on any atom is 0.280 e. The van der Waals surface area contributed by atoms with Crippen LogP contribution in [0.1, 0.15) is 23.6 Å². The van der Waals surface area contributed by atoms with Crippen LogP contribution in [-0.4, -0.2) is 31.7 Å². The van der Waals surface area contributed by atoms with Gasteiger partial charge in [-0.3, -0.25) is 4.79 Å². The van der Waals surface area contributed by atoms with E-state index in [1.54, 1.807) is 0 Å². The summed E-state index contributed by atoms with van der Waals surface area (Å²) in [6, 6.07) is 9.78. The second-order valence-corrected chi connectivity index (χ2v) is 8.64. The number of nitrogens with zero attached hydrogens (tertiary/aromatic N) is 1. The lowest BCUT2D eigenvalue weighted by Gasteiger charge is -2.36. The van der Waals surface area contributed by atoms with Crippen LogP contribution >= 0.6 is 11.6 Å². The van der Waals surface area contributed by atoms with Crippen molar-refractivity contribution in [2.24, 2.45) is 0 Å². The molecule has 2 aromatic carbocycles. The number of halogens is 2. The molecule has 144 valence electrons. The molecule has 0 aromatic heterocycles. The highest BCUT2D eigenvalue weighted by Crippen LogP contribution is 2.29. The summed E-state index contributed by atoms with van der Waals surface area (Å²) in [5, 5.41) is 2.48. The predicted molar refractivity (Wildman–Crippen MR) is 102 cm³/mol. The van der Waals surface area contributed by atoms with Crippen molar-refractivity contribution >= 4 is 33.4 Å². The normalized spacial score (nSPS) is 22.4. The van der Waals surface area contributed by atoms with Gasteiger partial charge in [-0.25, -0.2) is 4.39 Å². The first-order valence-corrected chi connectivity index (χ1v) is 10.1. The Morgan fingerprint density at radius 3 is 2.70 bits per heavy atom. The first kappa shape index (κ1) is 19.8. The van der Waals surface area contributed by atoms with Crippen molar-refractivity contribution in [3.63, 3.8) is 0 Å². The van der Waals surface area contributed by atoms with Crippen molar-refractivity contribution in [2.45, 2.75) is 25.4 Å². The van der Waals surface area contributed by atoms with Gasteiger partial charge in [0.1, 0.15) is 11.9 Å². The third-order valence-electron chi connectivity index (χ3n) is 4.50. The molecule has 27 heavy (non-hydrogen) atoms. The number of hydrogen-bond acceptors (Lipinski definition) is 3. The van der Waals surface area contributed by atoms with E-state index in [0.717, 1.165) is 21.5 Å². The molecule has 1 fully saturated rings. The average molecular weight is 412 g/mol. The summed E-state index contributed by atoms with van der Waals surface area (Å²) < 4.78 is 41.8. The third kappa shape index (κ3) is 4.30. The highest BCUT2D eigenvalue weighted by Gasteiger charge is 2.40. The first-order chi connectivity index (χ1) is 12.7. The smallest absolute Gasteiger partial charge is 0.280 e. The zero-order chi connectivity index (χ0) is 19.8. The number of amides is 1. The van der Waals surface area contributed by atoms with Gasteiger partial charge < -0.3 is 5.32 Å². The Bertz CT molecular complexity index is 984. The number of carbonyl (C=O) groups excluding carboxylic acids is 1. The van der Waals surface area contributed by atoms with E-state index in [4.69, 9.17) is 11.6 Å². The van der Waals surface area contributed by atoms with Crippen LogP contribution in [0.15, 0.2) is 42.5 Å². The van der Waals surface area contributed by atoms with Crippen molar-refractivity contribution in [3.8, 4) is 0 Å². The molecule has 1 unspecified atom stereocenters. The summed E-state index contributed by atoms with van der Waals surface area (Å²) in [6.45, 7) is 1.91. The second-order valence-electron chi connectivity index (χ2n) is 6.48. The number of benzene rings is 2. The van der Waals surface area contributed by atoms with Crippen LogP contribution in [-0.2, 0) is 15.0 Å². The summed E-state index contributed by atoms with van der Waals surface area (Å²) in [7, 11) is -2.49. The molecule has 0 spiro atoms. The second kappa shape index (κ2) is 7.55. The van der Waals surface area contributed by atoms with Gasteiger partial charge in [-0.1, -0.05) is 41.4 Å². The fourth-order valence-corrected chi connectivity index (χ4v) is 4.47. The van der Waals surface area contributed by atoms with E-state index in [1.807, 2.05) is 31.2 Å². The van der Waals surface area contributed by atoms with E-state index >= 15 is 0 Å². The number of aryl methyl sites for hydroxylation is 1. The Labute approximate surface area is 162 Å². The molecular weight excluding hydrogens is 393 g/mol. The number of hydrogen-bond donors (Lipinski definition) is 2. The summed E-state index contributed by atoms with van der Waals surface area (Å²) in [5.74, 6) is -1.11. The first-order valence-electron chi connectivity index (χ1n) is 8.25. The minimum absolute atomic E-state index is 0.128. The quantitative estimate of drug-likeness (QED) is 0.814. The Morgan fingerprint density at radius 1 is 1.30 bits per heavy atom. The van der Waals surface area contributed by atoms with Crippen LogP contribution in [0.3, 0.4) is 0 Å². The monoisotopic (exact) mass is 411 g/mol. The Balaban J connectivity index is 1.85. The highest BCUT2D eigenvalue weighted by molar-refractivity contribution is 7.87. The van der Waals surface area contributed by atoms with Crippen LogP contribution in [0.2, 0.25) is 5.02 Å². The minimum Gasteiger partial charge on any atom is -0.325 e. The molecule has 9 heteroatoms. The van der Waals surface area contributed by atoms with Crippen molar-refractivity contribution in [3.05, 3.63) is 64.4 Å². The third-order valence-corrected chi connectivity index (χ3v) is 6.39. The molecule has 2 atom stereocenters. The van der Waals surface area contributed by atoms with E-state index in [2.05, 4.69) is 10.0 Å². The number of nitrogens with one attached hydrogen (secondary N) is 2. The van der Waals surface area contributed by atoms with Gasteiger partial charge in [-0.2, -0.15) is 17.4 Å². The molecule has 1 amide bonds. The molecule has 1 aliphatic rings. The van der Waals surface area contributed by atoms with Gasteiger partial charge in [-0.05, 0) is 37.1 Å².